The van der Waals surface area contributed by atoms with Gasteiger partial charge >= 0.3 is 5.97 Å². The molecule has 2 aliphatic heterocycles. The predicted molar refractivity (Wildman–Crippen MR) is 149 cm³/mol. The number of hydrogen-bond acceptors (Lipinski definition) is 10. The zero-order valence-corrected chi connectivity index (χ0v) is 24.8. The van der Waals surface area contributed by atoms with E-state index in [4.69, 9.17) is 18.9 Å². The second-order valence-corrected chi connectivity index (χ2v) is 11.1. The van der Waals surface area contributed by atoms with Gasteiger partial charge in [-0.25, -0.2) is 4.79 Å². The SMILES string of the molecule is C/C=C(\CCC)CO[C@@H]1C(C(=O)O)O[C@@H](OC2C(NC(=O)CC/C=C\CCC)C(C)(C)OC(CO)[C@H]2O)C(O)C1O. The number of rotatable bonds is 15. The summed E-state index contributed by atoms with van der Waals surface area (Å²) in [4.78, 5) is 24.9. The molecule has 12 heteroatoms. The molecular weight excluding hydrogens is 538 g/mol. The van der Waals surface area contributed by atoms with E-state index in [2.05, 4.69) is 12.2 Å². The molecule has 41 heavy (non-hydrogen) atoms. The van der Waals surface area contributed by atoms with E-state index in [0.717, 1.165) is 31.3 Å². The van der Waals surface area contributed by atoms with Gasteiger partial charge in [-0.1, -0.05) is 44.9 Å². The molecule has 0 aromatic carbocycles. The molecule has 0 radical (unpaired) electrons. The number of carboxylic acid groups (broad SMARTS) is 1. The van der Waals surface area contributed by atoms with Crippen LogP contribution in [0.5, 0.6) is 0 Å². The van der Waals surface area contributed by atoms with Crippen LogP contribution < -0.4 is 5.32 Å². The van der Waals surface area contributed by atoms with Crippen molar-refractivity contribution in [3.63, 3.8) is 0 Å². The number of allylic oxidation sites excluding steroid dienone is 3. The number of carbonyl (C=O) groups excluding carboxylic acids is 1. The minimum absolute atomic E-state index is 0.0459. The zero-order chi connectivity index (χ0) is 30.7. The summed E-state index contributed by atoms with van der Waals surface area (Å²) in [6.45, 7) is 8.65. The van der Waals surface area contributed by atoms with Gasteiger partial charge in [0.25, 0.3) is 0 Å². The molecule has 0 bridgehead atoms. The fourth-order valence-electron chi connectivity index (χ4n) is 5.07. The monoisotopic (exact) mass is 587 g/mol. The molecule has 2 rings (SSSR count). The summed E-state index contributed by atoms with van der Waals surface area (Å²) in [7, 11) is 0. The average molecular weight is 588 g/mol. The van der Waals surface area contributed by atoms with Crippen LogP contribution in [0.2, 0.25) is 0 Å². The Labute approximate surface area is 242 Å². The summed E-state index contributed by atoms with van der Waals surface area (Å²) < 4.78 is 23.1. The maximum Gasteiger partial charge on any atom is 0.335 e. The molecule has 2 aliphatic rings. The first-order chi connectivity index (χ1) is 19.4. The molecule has 2 saturated heterocycles. The smallest absolute Gasteiger partial charge is 0.335 e. The van der Waals surface area contributed by atoms with Gasteiger partial charge in [0.15, 0.2) is 12.4 Å². The average Bonchev–Trinajstić information content (AvgIpc) is 2.93. The Morgan fingerprint density at radius 1 is 0.976 bits per heavy atom. The second kappa shape index (κ2) is 16.7. The van der Waals surface area contributed by atoms with Gasteiger partial charge in [-0.2, -0.15) is 0 Å². The lowest BCUT2D eigenvalue weighted by Gasteiger charge is -2.51. The summed E-state index contributed by atoms with van der Waals surface area (Å²) >= 11 is 0. The molecule has 9 atom stereocenters. The molecule has 6 N–H and O–H groups in total. The molecule has 6 unspecified atom stereocenters. The first kappa shape index (κ1) is 35.3. The lowest BCUT2D eigenvalue weighted by atomic mass is 9.84. The van der Waals surface area contributed by atoms with Crippen molar-refractivity contribution in [2.75, 3.05) is 13.2 Å². The number of amides is 1. The Hall–Kier alpha value is -1.90. The molecule has 12 nitrogen and oxygen atoms in total. The quantitative estimate of drug-likeness (QED) is 0.151. The predicted octanol–water partition coefficient (Wildman–Crippen LogP) is 1.19. The zero-order valence-electron chi connectivity index (χ0n) is 24.8. The van der Waals surface area contributed by atoms with Crippen molar-refractivity contribution in [1.29, 1.82) is 0 Å². The Kier molecular flexibility index (Phi) is 14.3. The van der Waals surface area contributed by atoms with Crippen LogP contribution in [-0.2, 0) is 28.5 Å². The van der Waals surface area contributed by atoms with Gasteiger partial charge in [0.1, 0.15) is 36.6 Å². The third-order valence-corrected chi connectivity index (χ3v) is 7.43. The standard InChI is InChI=1S/C29H49NO11/c1-6-9-10-11-12-14-19(32)30-26-24(20(33)18(15-31)41-29(26,4)5)39-28-22(35)21(34)23(25(40-28)27(36)37)38-16-17(8-3)13-7-2/h8,10-11,18,20-26,28,31,33-35H,6-7,9,12-16H2,1-5H3,(H,30,32)(H,36,37)/b11-10-,17-8+/t18?,20-,21?,22?,23+,24?,25?,26?,28-/m1/s1. The van der Waals surface area contributed by atoms with Gasteiger partial charge in [-0.3, -0.25) is 4.79 Å². The normalized spacial score (nSPS) is 34.1. The molecule has 2 fully saturated rings. The van der Waals surface area contributed by atoms with Gasteiger partial charge in [0.2, 0.25) is 5.91 Å². The highest BCUT2D eigenvalue weighted by molar-refractivity contribution is 5.76. The minimum Gasteiger partial charge on any atom is -0.479 e. The third-order valence-electron chi connectivity index (χ3n) is 7.43. The Balaban J connectivity index is 2.25. The van der Waals surface area contributed by atoms with Crippen molar-refractivity contribution in [1.82, 2.24) is 5.32 Å². The maximum atomic E-state index is 12.8. The van der Waals surface area contributed by atoms with E-state index in [1.807, 2.05) is 32.1 Å². The number of ether oxygens (including phenoxy) is 4. The number of hydrogen-bond donors (Lipinski definition) is 6. The first-order valence-corrected chi connectivity index (χ1v) is 14.5. The summed E-state index contributed by atoms with van der Waals surface area (Å²) in [5.74, 6) is -1.78. The highest BCUT2D eigenvalue weighted by Gasteiger charge is 2.55. The molecular formula is C29H49NO11. The molecule has 0 aliphatic carbocycles. The van der Waals surface area contributed by atoms with Crippen LogP contribution in [0.25, 0.3) is 0 Å². The van der Waals surface area contributed by atoms with E-state index >= 15 is 0 Å². The van der Waals surface area contributed by atoms with Crippen molar-refractivity contribution in [3.05, 3.63) is 23.8 Å². The number of nitrogens with one attached hydrogen (secondary N) is 1. The Bertz CT molecular complexity index is 892. The van der Waals surface area contributed by atoms with Gasteiger partial charge in [0.05, 0.1) is 24.9 Å². The minimum atomic E-state index is -1.75. The van der Waals surface area contributed by atoms with Crippen LogP contribution in [0.3, 0.4) is 0 Å². The van der Waals surface area contributed by atoms with Crippen molar-refractivity contribution in [2.45, 2.75) is 134 Å². The van der Waals surface area contributed by atoms with Crippen LogP contribution in [0, 0.1) is 0 Å². The molecule has 0 spiro atoms. The summed E-state index contributed by atoms with van der Waals surface area (Å²) in [5.41, 5.74) is -0.248. The highest BCUT2D eigenvalue weighted by atomic mass is 16.7. The maximum absolute atomic E-state index is 12.8. The van der Waals surface area contributed by atoms with Gasteiger partial charge in [-0.15, -0.1) is 0 Å². The molecule has 0 aromatic heterocycles. The molecule has 236 valence electrons. The van der Waals surface area contributed by atoms with Crippen LogP contribution >= 0.6 is 0 Å². The number of aliphatic hydroxyl groups is 4. The van der Waals surface area contributed by atoms with E-state index in [1.165, 1.54) is 0 Å². The lowest BCUT2D eigenvalue weighted by molar-refractivity contribution is -0.334. The van der Waals surface area contributed by atoms with Gasteiger partial charge < -0.3 is 49.8 Å². The Morgan fingerprint density at radius 3 is 2.24 bits per heavy atom. The fraction of sp³-hybridized carbons (Fsp3) is 0.793. The summed E-state index contributed by atoms with van der Waals surface area (Å²) in [6.07, 6.45) is -2.25. The largest absolute Gasteiger partial charge is 0.479 e. The first-order valence-electron chi connectivity index (χ1n) is 14.5. The van der Waals surface area contributed by atoms with Crippen molar-refractivity contribution < 1.29 is 54.1 Å². The van der Waals surface area contributed by atoms with Gasteiger partial charge in [-0.05, 0) is 45.6 Å². The van der Waals surface area contributed by atoms with E-state index in [9.17, 15) is 35.1 Å². The summed E-state index contributed by atoms with van der Waals surface area (Å²) in [5, 5.41) is 55.3. The second-order valence-electron chi connectivity index (χ2n) is 11.1. The van der Waals surface area contributed by atoms with E-state index < -0.39 is 73.2 Å². The highest BCUT2D eigenvalue weighted by Crippen LogP contribution is 2.34. The van der Waals surface area contributed by atoms with E-state index in [-0.39, 0.29) is 18.9 Å². The number of unbranched alkanes of at least 4 members (excludes halogenated alkanes) is 1. The van der Waals surface area contributed by atoms with E-state index in [0.29, 0.717) is 6.42 Å². The van der Waals surface area contributed by atoms with Crippen molar-refractivity contribution >= 4 is 11.9 Å². The number of aliphatic carboxylic acids is 1. The van der Waals surface area contributed by atoms with Crippen LogP contribution in [0.4, 0.5) is 0 Å². The number of aliphatic hydroxyl groups excluding tert-OH is 4. The Morgan fingerprint density at radius 2 is 1.66 bits per heavy atom. The lowest BCUT2D eigenvalue weighted by Crippen LogP contribution is -2.70. The topological polar surface area (TPSA) is 184 Å². The molecule has 1 amide bonds. The molecule has 2 heterocycles. The third kappa shape index (κ3) is 9.55. The van der Waals surface area contributed by atoms with Crippen LogP contribution in [0.15, 0.2) is 23.8 Å². The summed E-state index contributed by atoms with van der Waals surface area (Å²) in [6, 6.07) is -0.982. The van der Waals surface area contributed by atoms with Crippen LogP contribution in [-0.4, -0.2) is 111 Å². The molecule has 0 saturated carbocycles. The molecule has 0 aromatic rings. The number of carbonyl (C=O) groups is 2. The van der Waals surface area contributed by atoms with Gasteiger partial charge in [0, 0.05) is 6.42 Å². The number of carboxylic acids is 1. The van der Waals surface area contributed by atoms with Crippen molar-refractivity contribution in [2.24, 2.45) is 0 Å². The van der Waals surface area contributed by atoms with E-state index in [1.54, 1.807) is 13.8 Å². The fourth-order valence-corrected chi connectivity index (χ4v) is 5.07. The van der Waals surface area contributed by atoms with Crippen LogP contribution in [0.1, 0.15) is 73.1 Å². The van der Waals surface area contributed by atoms with Crippen molar-refractivity contribution in [3.8, 4) is 0 Å².